The summed E-state index contributed by atoms with van der Waals surface area (Å²) >= 11 is 0. The van der Waals surface area contributed by atoms with Gasteiger partial charge in [0.25, 0.3) is 5.91 Å². The number of benzene rings is 2. The third-order valence-corrected chi connectivity index (χ3v) is 3.37. The van der Waals surface area contributed by atoms with E-state index < -0.39 is 0 Å². The van der Waals surface area contributed by atoms with Crippen molar-refractivity contribution in [3.63, 3.8) is 0 Å². The molecule has 3 N–H and O–H groups in total. The summed E-state index contributed by atoms with van der Waals surface area (Å²) in [4.78, 5) is 23.4. The van der Waals surface area contributed by atoms with Crippen LogP contribution < -0.4 is 10.7 Å². The van der Waals surface area contributed by atoms with Gasteiger partial charge in [0.05, 0.1) is 5.71 Å². The monoisotopic (exact) mass is 325 g/mol. The van der Waals surface area contributed by atoms with Crippen LogP contribution in [-0.4, -0.2) is 22.6 Å². The SMILES string of the molecule is CCC(=O)Nc1ccc(C(=O)NN=C(C)c2ccccc2O)cc1. The summed E-state index contributed by atoms with van der Waals surface area (Å²) < 4.78 is 0. The zero-order chi connectivity index (χ0) is 17.5. The van der Waals surface area contributed by atoms with Crippen molar-refractivity contribution in [2.75, 3.05) is 5.32 Å². The first-order valence-electron chi connectivity index (χ1n) is 7.54. The van der Waals surface area contributed by atoms with Gasteiger partial charge >= 0.3 is 0 Å². The summed E-state index contributed by atoms with van der Waals surface area (Å²) in [6.45, 7) is 3.46. The zero-order valence-electron chi connectivity index (χ0n) is 13.5. The maximum atomic E-state index is 12.1. The van der Waals surface area contributed by atoms with Crippen LogP contribution in [0.4, 0.5) is 5.69 Å². The lowest BCUT2D eigenvalue weighted by Crippen LogP contribution is -2.19. The molecule has 2 rings (SSSR count). The Bertz CT molecular complexity index is 767. The van der Waals surface area contributed by atoms with Crippen molar-refractivity contribution in [1.29, 1.82) is 0 Å². The minimum absolute atomic E-state index is 0.0879. The Morgan fingerprint density at radius 2 is 1.75 bits per heavy atom. The lowest BCUT2D eigenvalue weighted by Gasteiger charge is -2.06. The Balaban J connectivity index is 2.03. The maximum Gasteiger partial charge on any atom is 0.271 e. The van der Waals surface area contributed by atoms with E-state index in [0.29, 0.717) is 28.9 Å². The number of nitrogens with one attached hydrogen (secondary N) is 2. The predicted molar refractivity (Wildman–Crippen MR) is 93.1 cm³/mol. The molecule has 0 unspecified atom stereocenters. The molecule has 0 atom stereocenters. The molecule has 0 fully saturated rings. The van der Waals surface area contributed by atoms with Crippen LogP contribution in [0, 0.1) is 0 Å². The molecule has 0 radical (unpaired) electrons. The molecule has 0 spiro atoms. The molecule has 6 heteroatoms. The van der Waals surface area contributed by atoms with E-state index in [1.54, 1.807) is 62.4 Å². The van der Waals surface area contributed by atoms with Crippen LogP contribution >= 0.6 is 0 Å². The minimum atomic E-state index is -0.377. The summed E-state index contributed by atoms with van der Waals surface area (Å²) in [7, 11) is 0. The second-order valence-corrected chi connectivity index (χ2v) is 5.13. The number of phenolic OH excluding ortho intramolecular Hbond substituents is 1. The zero-order valence-corrected chi connectivity index (χ0v) is 13.5. The fourth-order valence-electron chi connectivity index (χ4n) is 1.99. The Morgan fingerprint density at radius 1 is 1.08 bits per heavy atom. The number of carbonyl (C=O) groups is 2. The van der Waals surface area contributed by atoms with Gasteiger partial charge in [-0.3, -0.25) is 9.59 Å². The number of hydrogen-bond acceptors (Lipinski definition) is 4. The second-order valence-electron chi connectivity index (χ2n) is 5.13. The molecule has 0 saturated carbocycles. The molecule has 24 heavy (non-hydrogen) atoms. The Labute approximate surface area is 140 Å². The first-order valence-corrected chi connectivity index (χ1v) is 7.54. The molecule has 0 aromatic heterocycles. The van der Waals surface area contributed by atoms with E-state index in [1.165, 1.54) is 0 Å². The van der Waals surface area contributed by atoms with Crippen molar-refractivity contribution in [2.24, 2.45) is 5.10 Å². The Kier molecular flexibility index (Phi) is 5.68. The molecule has 2 amide bonds. The van der Waals surface area contributed by atoms with E-state index in [2.05, 4.69) is 15.8 Å². The molecule has 0 saturated heterocycles. The molecule has 0 bridgehead atoms. The van der Waals surface area contributed by atoms with Crippen molar-refractivity contribution < 1.29 is 14.7 Å². The molecule has 0 aliphatic heterocycles. The highest BCUT2D eigenvalue weighted by Crippen LogP contribution is 2.16. The van der Waals surface area contributed by atoms with Crippen LogP contribution in [0.3, 0.4) is 0 Å². The Hall–Kier alpha value is -3.15. The topological polar surface area (TPSA) is 90.8 Å². The number of nitrogens with zero attached hydrogens (tertiary/aromatic N) is 1. The number of aromatic hydroxyl groups is 1. The molecule has 2 aromatic rings. The van der Waals surface area contributed by atoms with Crippen LogP contribution in [0.25, 0.3) is 0 Å². The van der Waals surface area contributed by atoms with Crippen LogP contribution in [-0.2, 0) is 4.79 Å². The van der Waals surface area contributed by atoms with E-state index in [-0.39, 0.29) is 17.6 Å². The highest BCUT2D eigenvalue weighted by atomic mass is 16.3. The second kappa shape index (κ2) is 7.92. The van der Waals surface area contributed by atoms with Gasteiger partial charge in [-0.05, 0) is 43.3 Å². The van der Waals surface area contributed by atoms with Crippen molar-refractivity contribution in [3.05, 3.63) is 59.7 Å². The fourth-order valence-corrected chi connectivity index (χ4v) is 1.99. The highest BCUT2D eigenvalue weighted by Gasteiger charge is 2.07. The van der Waals surface area contributed by atoms with Crippen LogP contribution in [0.5, 0.6) is 5.75 Å². The fraction of sp³-hybridized carbons (Fsp3) is 0.167. The summed E-state index contributed by atoms with van der Waals surface area (Å²) in [5, 5.41) is 16.5. The summed E-state index contributed by atoms with van der Waals surface area (Å²) in [6.07, 6.45) is 0.391. The number of hydrogen-bond donors (Lipinski definition) is 3. The standard InChI is InChI=1S/C18H19N3O3/c1-3-17(23)19-14-10-8-13(9-11-14)18(24)21-20-12(2)15-6-4-5-7-16(15)22/h4-11,22H,3H2,1-2H3,(H,19,23)(H,21,24). The normalized spacial score (nSPS) is 11.0. The molecular formula is C18H19N3O3. The highest BCUT2D eigenvalue weighted by molar-refractivity contribution is 6.02. The summed E-state index contributed by atoms with van der Waals surface area (Å²) in [6, 6.07) is 13.3. The third-order valence-electron chi connectivity index (χ3n) is 3.37. The molecule has 0 aliphatic rings. The Morgan fingerprint density at radius 3 is 2.38 bits per heavy atom. The van der Waals surface area contributed by atoms with Crippen LogP contribution in [0.1, 0.15) is 36.2 Å². The number of carbonyl (C=O) groups excluding carboxylic acids is 2. The van der Waals surface area contributed by atoms with E-state index in [1.807, 2.05) is 0 Å². The lowest BCUT2D eigenvalue weighted by atomic mass is 10.1. The number of phenols is 1. The van der Waals surface area contributed by atoms with Crippen LogP contribution in [0.2, 0.25) is 0 Å². The van der Waals surface area contributed by atoms with Crippen molar-refractivity contribution in [3.8, 4) is 5.75 Å². The van der Waals surface area contributed by atoms with Gasteiger partial charge in [-0.25, -0.2) is 5.43 Å². The smallest absolute Gasteiger partial charge is 0.271 e. The van der Waals surface area contributed by atoms with Gasteiger partial charge in [-0.2, -0.15) is 5.10 Å². The van der Waals surface area contributed by atoms with Gasteiger partial charge in [0.1, 0.15) is 5.75 Å². The van der Waals surface area contributed by atoms with Gasteiger partial charge in [0, 0.05) is 23.2 Å². The molecule has 0 aliphatic carbocycles. The average Bonchev–Trinajstić information content (AvgIpc) is 2.60. The van der Waals surface area contributed by atoms with Crippen molar-refractivity contribution >= 4 is 23.2 Å². The third kappa shape index (κ3) is 4.42. The van der Waals surface area contributed by atoms with Crippen molar-refractivity contribution in [1.82, 2.24) is 5.43 Å². The van der Waals surface area contributed by atoms with E-state index >= 15 is 0 Å². The first kappa shape index (κ1) is 17.2. The van der Waals surface area contributed by atoms with Gasteiger partial charge in [-0.15, -0.1) is 0 Å². The first-order chi connectivity index (χ1) is 11.5. The molecule has 124 valence electrons. The van der Waals surface area contributed by atoms with Gasteiger partial charge in [0.15, 0.2) is 0 Å². The quantitative estimate of drug-likeness (QED) is 0.583. The van der Waals surface area contributed by atoms with E-state index in [9.17, 15) is 14.7 Å². The minimum Gasteiger partial charge on any atom is -0.507 e. The van der Waals surface area contributed by atoms with E-state index in [0.717, 1.165) is 0 Å². The number of amides is 2. The number of rotatable bonds is 5. The summed E-state index contributed by atoms with van der Waals surface area (Å²) in [5.41, 5.74) is 4.54. The largest absolute Gasteiger partial charge is 0.507 e. The lowest BCUT2D eigenvalue weighted by molar-refractivity contribution is -0.115. The maximum absolute atomic E-state index is 12.1. The molecule has 0 heterocycles. The number of anilines is 1. The summed E-state index contributed by atoms with van der Waals surface area (Å²) in [5.74, 6) is -0.364. The predicted octanol–water partition coefficient (Wildman–Crippen LogP) is 2.89. The van der Waals surface area contributed by atoms with Crippen LogP contribution in [0.15, 0.2) is 53.6 Å². The van der Waals surface area contributed by atoms with Gasteiger partial charge in [-0.1, -0.05) is 19.1 Å². The average molecular weight is 325 g/mol. The number of hydrazone groups is 1. The van der Waals surface area contributed by atoms with Gasteiger partial charge < -0.3 is 10.4 Å². The number of para-hydroxylation sites is 1. The molecule has 6 nitrogen and oxygen atoms in total. The molecule has 2 aromatic carbocycles. The molecular weight excluding hydrogens is 306 g/mol. The van der Waals surface area contributed by atoms with Gasteiger partial charge in [0.2, 0.25) is 5.91 Å². The van der Waals surface area contributed by atoms with Crippen molar-refractivity contribution in [2.45, 2.75) is 20.3 Å². The van der Waals surface area contributed by atoms with E-state index in [4.69, 9.17) is 0 Å².